The van der Waals surface area contributed by atoms with Gasteiger partial charge in [-0.3, -0.25) is 14.6 Å². The highest BCUT2D eigenvalue weighted by molar-refractivity contribution is 6.39. The summed E-state index contributed by atoms with van der Waals surface area (Å²) in [4.78, 5) is 29.0. The van der Waals surface area contributed by atoms with Gasteiger partial charge in [0.15, 0.2) is 23.1 Å². The number of methoxy groups -OCH3 is 1. The molecule has 0 aliphatic rings. The van der Waals surface area contributed by atoms with Gasteiger partial charge in [-0.1, -0.05) is 29.8 Å². The molecule has 3 N–H and O–H groups in total. The SMILES string of the molecule is CNCCCCOc1cc2nccc(Oc3ccc(NC(=O)C(=O)NCc4cccc(C)c4)cc3F)c2cc1OC. The first kappa shape index (κ1) is 29.3. The van der Waals surface area contributed by atoms with Crippen LogP contribution in [0.3, 0.4) is 0 Å². The van der Waals surface area contributed by atoms with E-state index < -0.39 is 17.6 Å². The van der Waals surface area contributed by atoms with E-state index in [1.807, 2.05) is 38.2 Å². The molecule has 0 fully saturated rings. The second kappa shape index (κ2) is 14.1. The van der Waals surface area contributed by atoms with Crippen LogP contribution in [0, 0.1) is 12.7 Å². The highest BCUT2D eigenvalue weighted by Gasteiger charge is 2.17. The van der Waals surface area contributed by atoms with Crippen LogP contribution in [0.15, 0.2) is 66.9 Å². The number of amides is 2. The molecule has 0 saturated heterocycles. The molecule has 3 aromatic carbocycles. The number of ether oxygens (including phenoxy) is 3. The molecule has 0 radical (unpaired) electrons. The quantitative estimate of drug-likeness (QED) is 0.163. The maximum atomic E-state index is 15.0. The summed E-state index contributed by atoms with van der Waals surface area (Å²) in [5, 5.41) is 8.68. The minimum Gasteiger partial charge on any atom is -0.493 e. The van der Waals surface area contributed by atoms with Gasteiger partial charge in [0.1, 0.15) is 5.75 Å². The van der Waals surface area contributed by atoms with E-state index in [2.05, 4.69) is 20.9 Å². The highest BCUT2D eigenvalue weighted by atomic mass is 19.1. The van der Waals surface area contributed by atoms with Crippen molar-refractivity contribution < 1.29 is 28.2 Å². The number of hydrogen-bond donors (Lipinski definition) is 3. The molecule has 0 atom stereocenters. The van der Waals surface area contributed by atoms with Crippen LogP contribution in [-0.2, 0) is 16.1 Å². The van der Waals surface area contributed by atoms with Crippen LogP contribution in [0.25, 0.3) is 10.9 Å². The molecule has 1 aromatic heterocycles. The van der Waals surface area contributed by atoms with Gasteiger partial charge in [-0.05, 0) is 63.2 Å². The zero-order chi connectivity index (χ0) is 29.2. The van der Waals surface area contributed by atoms with Gasteiger partial charge >= 0.3 is 11.8 Å². The lowest BCUT2D eigenvalue weighted by molar-refractivity contribution is -0.136. The van der Waals surface area contributed by atoms with Crippen molar-refractivity contribution in [2.45, 2.75) is 26.3 Å². The average Bonchev–Trinajstić information content (AvgIpc) is 2.97. The predicted octanol–water partition coefficient (Wildman–Crippen LogP) is 5.12. The number of carbonyl (C=O) groups excluding carboxylic acids is 2. The molecule has 0 spiro atoms. The van der Waals surface area contributed by atoms with Gasteiger partial charge in [0, 0.05) is 35.9 Å². The monoisotopic (exact) mass is 560 g/mol. The van der Waals surface area contributed by atoms with Crippen LogP contribution in [-0.4, -0.2) is 44.1 Å². The van der Waals surface area contributed by atoms with Gasteiger partial charge in [0.05, 0.1) is 19.2 Å². The van der Waals surface area contributed by atoms with Gasteiger partial charge in [0.25, 0.3) is 0 Å². The average molecular weight is 561 g/mol. The van der Waals surface area contributed by atoms with Crippen molar-refractivity contribution >= 4 is 28.4 Å². The van der Waals surface area contributed by atoms with Crippen molar-refractivity contribution in [3.63, 3.8) is 0 Å². The van der Waals surface area contributed by atoms with Crippen LogP contribution in [0.1, 0.15) is 24.0 Å². The summed E-state index contributed by atoms with van der Waals surface area (Å²) in [6, 6.07) is 16.6. The van der Waals surface area contributed by atoms with Gasteiger partial charge in [0.2, 0.25) is 0 Å². The van der Waals surface area contributed by atoms with Crippen LogP contribution in [0.4, 0.5) is 10.1 Å². The fourth-order valence-electron chi connectivity index (χ4n) is 4.13. The van der Waals surface area contributed by atoms with Crippen LogP contribution in [0.2, 0.25) is 0 Å². The summed E-state index contributed by atoms with van der Waals surface area (Å²) in [7, 11) is 3.45. The number of aryl methyl sites for hydroxylation is 1. The number of nitrogens with zero attached hydrogens (tertiary/aromatic N) is 1. The molecule has 2 amide bonds. The number of anilines is 1. The summed E-state index contributed by atoms with van der Waals surface area (Å²) in [5.74, 6) is -1.10. The summed E-state index contributed by atoms with van der Waals surface area (Å²) in [6.45, 7) is 3.58. The molecule has 9 nitrogen and oxygen atoms in total. The van der Waals surface area contributed by atoms with Gasteiger partial charge in [-0.25, -0.2) is 4.39 Å². The van der Waals surface area contributed by atoms with E-state index >= 15 is 0 Å². The van der Waals surface area contributed by atoms with E-state index in [-0.39, 0.29) is 18.0 Å². The lowest BCUT2D eigenvalue weighted by Gasteiger charge is -2.14. The van der Waals surface area contributed by atoms with E-state index in [1.165, 1.54) is 12.1 Å². The summed E-state index contributed by atoms with van der Waals surface area (Å²) < 4.78 is 32.3. The molecular formula is C31H33FN4O5. The van der Waals surface area contributed by atoms with E-state index in [4.69, 9.17) is 14.2 Å². The number of pyridine rings is 1. The van der Waals surface area contributed by atoms with E-state index in [9.17, 15) is 14.0 Å². The van der Waals surface area contributed by atoms with Crippen LogP contribution in [0.5, 0.6) is 23.0 Å². The molecule has 0 aliphatic carbocycles. The number of nitrogens with one attached hydrogen (secondary N) is 3. The molecule has 0 unspecified atom stereocenters. The second-order valence-electron chi connectivity index (χ2n) is 9.36. The van der Waals surface area contributed by atoms with Gasteiger partial charge in [-0.2, -0.15) is 0 Å². The molecule has 0 saturated carbocycles. The van der Waals surface area contributed by atoms with E-state index in [0.717, 1.165) is 36.6 Å². The molecule has 0 bridgehead atoms. The number of rotatable bonds is 12. The Balaban J connectivity index is 1.42. The molecule has 4 aromatic rings. The van der Waals surface area contributed by atoms with Crippen molar-refractivity contribution in [1.82, 2.24) is 15.6 Å². The second-order valence-corrected chi connectivity index (χ2v) is 9.36. The summed E-state index contributed by atoms with van der Waals surface area (Å²) in [5.41, 5.74) is 2.62. The predicted molar refractivity (Wildman–Crippen MR) is 155 cm³/mol. The number of aromatic nitrogens is 1. The van der Waals surface area contributed by atoms with Crippen molar-refractivity contribution in [3.8, 4) is 23.0 Å². The number of carbonyl (C=O) groups is 2. The van der Waals surface area contributed by atoms with E-state index in [1.54, 1.807) is 31.5 Å². The van der Waals surface area contributed by atoms with Gasteiger partial charge in [-0.15, -0.1) is 0 Å². The normalized spacial score (nSPS) is 10.7. The molecule has 10 heteroatoms. The number of unbranched alkanes of at least 4 members (excludes halogenated alkanes) is 1. The smallest absolute Gasteiger partial charge is 0.313 e. The molecule has 4 rings (SSSR count). The maximum absolute atomic E-state index is 15.0. The summed E-state index contributed by atoms with van der Waals surface area (Å²) >= 11 is 0. The summed E-state index contributed by atoms with van der Waals surface area (Å²) in [6.07, 6.45) is 3.42. The Labute approximate surface area is 238 Å². The number of fused-ring (bicyclic) bond motifs is 1. The molecular weight excluding hydrogens is 527 g/mol. The Hall–Kier alpha value is -4.70. The Bertz CT molecular complexity index is 1530. The molecule has 0 aliphatic heterocycles. The van der Waals surface area contributed by atoms with Crippen LogP contribution < -0.4 is 30.2 Å². The first-order valence-corrected chi connectivity index (χ1v) is 13.2. The Morgan fingerprint density at radius 1 is 0.927 bits per heavy atom. The fourth-order valence-corrected chi connectivity index (χ4v) is 4.13. The molecule has 41 heavy (non-hydrogen) atoms. The van der Waals surface area contributed by atoms with E-state index in [0.29, 0.717) is 34.8 Å². The Morgan fingerprint density at radius 2 is 1.78 bits per heavy atom. The van der Waals surface area contributed by atoms with Gasteiger partial charge < -0.3 is 30.2 Å². The molecule has 214 valence electrons. The highest BCUT2D eigenvalue weighted by Crippen LogP contribution is 2.38. The largest absolute Gasteiger partial charge is 0.493 e. The number of hydrogen-bond acceptors (Lipinski definition) is 7. The standard InChI is InChI=1S/C31H33FN4O5/c1-20-7-6-8-21(15-20)19-35-30(37)31(38)36-22-9-10-27(24(32)16-22)41-26-11-13-34-25-18-29(28(39-3)17-23(25)26)40-14-5-4-12-33-2/h6-11,13,15-18,33H,4-5,12,14,19H2,1-3H3,(H,35,37)(H,36,38). The minimum atomic E-state index is -0.905. The first-order valence-electron chi connectivity index (χ1n) is 13.2. The third-order valence-corrected chi connectivity index (χ3v) is 6.22. The number of halogens is 1. The molecule has 1 heterocycles. The first-order chi connectivity index (χ1) is 19.9. The zero-order valence-electron chi connectivity index (χ0n) is 23.3. The Kier molecular flexibility index (Phi) is 10.1. The lowest BCUT2D eigenvalue weighted by Crippen LogP contribution is -2.35. The minimum absolute atomic E-state index is 0.0665. The lowest BCUT2D eigenvalue weighted by atomic mass is 10.1. The number of benzene rings is 3. The zero-order valence-corrected chi connectivity index (χ0v) is 23.3. The van der Waals surface area contributed by atoms with Crippen molar-refractivity contribution in [2.75, 3.05) is 32.6 Å². The maximum Gasteiger partial charge on any atom is 0.313 e. The third-order valence-electron chi connectivity index (χ3n) is 6.22. The fraction of sp³-hybridized carbons (Fsp3) is 0.258. The Morgan fingerprint density at radius 3 is 2.54 bits per heavy atom. The van der Waals surface area contributed by atoms with Crippen molar-refractivity contribution in [2.24, 2.45) is 0 Å². The topological polar surface area (TPSA) is 111 Å². The van der Waals surface area contributed by atoms with Crippen molar-refractivity contribution in [3.05, 3.63) is 83.8 Å². The third kappa shape index (κ3) is 7.92. The van der Waals surface area contributed by atoms with Crippen LogP contribution >= 0.6 is 0 Å². The van der Waals surface area contributed by atoms with Crippen molar-refractivity contribution in [1.29, 1.82) is 0 Å².